The molecule has 0 radical (unpaired) electrons. The number of hydrogen-bond donors (Lipinski definition) is 3. The van der Waals surface area contributed by atoms with Gasteiger partial charge in [-0.15, -0.1) is 0 Å². The van der Waals surface area contributed by atoms with Crippen LogP contribution in [0, 0.1) is 5.92 Å². The lowest BCUT2D eigenvalue weighted by Gasteiger charge is -2.25. The minimum atomic E-state index is -3.26. The zero-order chi connectivity index (χ0) is 20.5. The van der Waals surface area contributed by atoms with Crippen LogP contribution in [0.3, 0.4) is 0 Å². The summed E-state index contributed by atoms with van der Waals surface area (Å²) in [5.41, 5.74) is 2.31. The number of aliphatic imine (C=N–C) groups is 1. The zero-order valence-electron chi connectivity index (χ0n) is 16.8. The van der Waals surface area contributed by atoms with Crippen molar-refractivity contribution in [1.82, 2.24) is 25.1 Å². The molecule has 9 heteroatoms. The van der Waals surface area contributed by atoms with Crippen LogP contribution in [0.15, 0.2) is 47.7 Å². The standard InChI is InChI=1S/C20H30N6O2S/c1-21-20(22-11-13-29(27,28)25-14-17-6-4-7-17)23-15-18-8-2-3-9-19(18)16-26-12-5-10-24-26/h2-3,5,8-10,12,17,25H,4,6-7,11,13-16H2,1H3,(H2,21,22,23). The third kappa shape index (κ3) is 6.86. The normalized spacial score (nSPS) is 15.1. The number of sulfonamides is 1. The largest absolute Gasteiger partial charge is 0.355 e. The first kappa shape index (κ1) is 21.3. The number of hydrogen-bond acceptors (Lipinski definition) is 4. The Morgan fingerprint density at radius 2 is 2.00 bits per heavy atom. The first-order valence-electron chi connectivity index (χ1n) is 10.0. The van der Waals surface area contributed by atoms with E-state index in [1.54, 1.807) is 13.2 Å². The molecule has 0 amide bonds. The summed E-state index contributed by atoms with van der Waals surface area (Å²) >= 11 is 0. The first-order chi connectivity index (χ1) is 14.1. The summed E-state index contributed by atoms with van der Waals surface area (Å²) in [6.07, 6.45) is 7.16. The van der Waals surface area contributed by atoms with Gasteiger partial charge >= 0.3 is 0 Å². The van der Waals surface area contributed by atoms with E-state index in [0.29, 0.717) is 38.1 Å². The highest BCUT2D eigenvalue weighted by molar-refractivity contribution is 7.89. The van der Waals surface area contributed by atoms with E-state index >= 15 is 0 Å². The number of aromatic nitrogens is 2. The minimum Gasteiger partial charge on any atom is -0.355 e. The highest BCUT2D eigenvalue weighted by Gasteiger charge is 2.20. The molecular weight excluding hydrogens is 388 g/mol. The minimum absolute atomic E-state index is 0.0241. The second kappa shape index (κ2) is 10.4. The van der Waals surface area contributed by atoms with Crippen molar-refractivity contribution < 1.29 is 8.42 Å². The second-order valence-electron chi connectivity index (χ2n) is 7.29. The van der Waals surface area contributed by atoms with Crippen molar-refractivity contribution in [3.05, 3.63) is 53.9 Å². The van der Waals surface area contributed by atoms with Crippen LogP contribution < -0.4 is 15.4 Å². The molecule has 1 saturated carbocycles. The van der Waals surface area contributed by atoms with Crippen molar-refractivity contribution >= 4 is 16.0 Å². The lowest BCUT2D eigenvalue weighted by molar-refractivity contribution is 0.316. The lowest BCUT2D eigenvalue weighted by Crippen LogP contribution is -2.41. The van der Waals surface area contributed by atoms with Crippen LogP contribution in [0.5, 0.6) is 0 Å². The van der Waals surface area contributed by atoms with Crippen LogP contribution in [-0.4, -0.2) is 50.0 Å². The maximum atomic E-state index is 12.1. The highest BCUT2D eigenvalue weighted by Crippen LogP contribution is 2.25. The van der Waals surface area contributed by atoms with Crippen molar-refractivity contribution in [1.29, 1.82) is 0 Å². The molecule has 0 saturated heterocycles. The summed E-state index contributed by atoms with van der Waals surface area (Å²) in [6, 6.07) is 10.1. The van der Waals surface area contributed by atoms with E-state index < -0.39 is 10.0 Å². The van der Waals surface area contributed by atoms with E-state index in [-0.39, 0.29) is 5.75 Å². The number of rotatable bonds is 10. The Bertz CT molecular complexity index is 891. The number of nitrogens with zero attached hydrogens (tertiary/aromatic N) is 3. The fourth-order valence-electron chi connectivity index (χ4n) is 3.17. The van der Waals surface area contributed by atoms with Gasteiger partial charge in [-0.3, -0.25) is 9.67 Å². The van der Waals surface area contributed by atoms with Crippen molar-refractivity contribution in [3.63, 3.8) is 0 Å². The van der Waals surface area contributed by atoms with Gasteiger partial charge in [0.15, 0.2) is 5.96 Å². The SMILES string of the molecule is CN=C(NCCS(=O)(=O)NCC1CCC1)NCc1ccccc1Cn1cccn1. The third-order valence-electron chi connectivity index (χ3n) is 5.16. The van der Waals surface area contributed by atoms with Crippen LogP contribution in [0.1, 0.15) is 30.4 Å². The Morgan fingerprint density at radius 3 is 2.66 bits per heavy atom. The molecular formula is C20H30N6O2S. The average molecular weight is 419 g/mol. The molecule has 3 N–H and O–H groups in total. The fraction of sp³-hybridized carbons (Fsp3) is 0.500. The molecule has 0 spiro atoms. The molecule has 0 unspecified atom stereocenters. The Morgan fingerprint density at radius 1 is 1.21 bits per heavy atom. The zero-order valence-corrected chi connectivity index (χ0v) is 17.7. The Hall–Kier alpha value is -2.39. The molecule has 0 bridgehead atoms. The molecule has 1 aromatic heterocycles. The van der Waals surface area contributed by atoms with Gasteiger partial charge in [0.05, 0.1) is 12.3 Å². The van der Waals surface area contributed by atoms with Crippen LogP contribution in [0.2, 0.25) is 0 Å². The average Bonchev–Trinajstić information content (AvgIpc) is 3.17. The first-order valence-corrected chi connectivity index (χ1v) is 11.7. The summed E-state index contributed by atoms with van der Waals surface area (Å²) in [7, 11) is -1.59. The van der Waals surface area contributed by atoms with Crippen LogP contribution in [-0.2, 0) is 23.1 Å². The predicted molar refractivity (Wildman–Crippen MR) is 115 cm³/mol. The molecule has 1 aliphatic rings. The van der Waals surface area contributed by atoms with Gasteiger partial charge < -0.3 is 10.6 Å². The van der Waals surface area contributed by atoms with Gasteiger partial charge in [-0.2, -0.15) is 5.10 Å². The van der Waals surface area contributed by atoms with Crippen LogP contribution in [0.25, 0.3) is 0 Å². The van der Waals surface area contributed by atoms with Crippen molar-refractivity contribution in [2.45, 2.75) is 32.4 Å². The smallest absolute Gasteiger partial charge is 0.213 e. The summed E-state index contributed by atoms with van der Waals surface area (Å²) in [6.45, 7) is 2.14. The van der Waals surface area contributed by atoms with Gasteiger partial charge in [0.1, 0.15) is 0 Å². The van der Waals surface area contributed by atoms with Crippen molar-refractivity contribution in [2.24, 2.45) is 10.9 Å². The molecule has 3 rings (SSSR count). The van der Waals surface area contributed by atoms with E-state index in [1.165, 1.54) is 12.0 Å². The maximum absolute atomic E-state index is 12.1. The van der Waals surface area contributed by atoms with E-state index in [0.717, 1.165) is 18.4 Å². The van der Waals surface area contributed by atoms with E-state index in [4.69, 9.17) is 0 Å². The van der Waals surface area contributed by atoms with Crippen LogP contribution >= 0.6 is 0 Å². The lowest BCUT2D eigenvalue weighted by atomic mass is 9.86. The number of benzene rings is 1. The van der Waals surface area contributed by atoms with Gasteiger partial charge in [-0.25, -0.2) is 13.1 Å². The molecule has 8 nitrogen and oxygen atoms in total. The van der Waals surface area contributed by atoms with Gasteiger partial charge in [0, 0.05) is 39.1 Å². The summed E-state index contributed by atoms with van der Waals surface area (Å²) in [5, 5.41) is 10.6. The highest BCUT2D eigenvalue weighted by atomic mass is 32.2. The monoisotopic (exact) mass is 418 g/mol. The molecule has 0 atom stereocenters. The van der Waals surface area contributed by atoms with E-state index in [9.17, 15) is 8.42 Å². The van der Waals surface area contributed by atoms with Gasteiger partial charge in [0.2, 0.25) is 10.0 Å². The Balaban J connectivity index is 1.44. The molecule has 158 valence electrons. The van der Waals surface area contributed by atoms with Gasteiger partial charge in [0.25, 0.3) is 0 Å². The van der Waals surface area contributed by atoms with Crippen molar-refractivity contribution in [2.75, 3.05) is 25.9 Å². The Labute approximate surface area is 172 Å². The fourth-order valence-corrected chi connectivity index (χ4v) is 4.17. The Kier molecular flexibility index (Phi) is 7.65. The van der Waals surface area contributed by atoms with E-state index in [1.807, 2.05) is 29.1 Å². The number of nitrogens with one attached hydrogen (secondary N) is 3. The predicted octanol–water partition coefficient (Wildman–Crippen LogP) is 1.32. The molecule has 1 fully saturated rings. The molecule has 0 aliphatic heterocycles. The molecule has 1 aliphatic carbocycles. The van der Waals surface area contributed by atoms with Crippen molar-refractivity contribution in [3.8, 4) is 0 Å². The quantitative estimate of drug-likeness (QED) is 0.399. The second-order valence-corrected chi connectivity index (χ2v) is 9.22. The molecule has 1 heterocycles. The number of guanidine groups is 1. The summed E-state index contributed by atoms with van der Waals surface area (Å²) in [4.78, 5) is 4.19. The van der Waals surface area contributed by atoms with Crippen LogP contribution in [0.4, 0.5) is 0 Å². The molecule has 1 aromatic carbocycles. The van der Waals surface area contributed by atoms with Gasteiger partial charge in [-0.05, 0) is 36.0 Å². The molecule has 29 heavy (non-hydrogen) atoms. The molecule has 2 aromatic rings. The third-order valence-corrected chi connectivity index (χ3v) is 6.51. The summed E-state index contributed by atoms with van der Waals surface area (Å²) in [5.74, 6) is 1.11. The topological polar surface area (TPSA) is 100 Å². The summed E-state index contributed by atoms with van der Waals surface area (Å²) < 4.78 is 28.8. The van der Waals surface area contributed by atoms with E-state index in [2.05, 4.69) is 37.6 Å². The maximum Gasteiger partial charge on any atom is 0.213 e. The van der Waals surface area contributed by atoms with Gasteiger partial charge in [-0.1, -0.05) is 30.7 Å².